The van der Waals surface area contributed by atoms with E-state index in [0.717, 1.165) is 12.1 Å². The molecule has 3 rings (SSSR count). The van der Waals surface area contributed by atoms with Crippen LogP contribution >= 0.6 is 0 Å². The van der Waals surface area contributed by atoms with Gasteiger partial charge in [0.05, 0.1) is 5.52 Å². The quantitative estimate of drug-likeness (QED) is 0.556. The zero-order chi connectivity index (χ0) is 20.8. The van der Waals surface area contributed by atoms with Crippen molar-refractivity contribution >= 4 is 16.8 Å². The van der Waals surface area contributed by atoms with Crippen LogP contribution in [0.5, 0.6) is 11.5 Å². The molecule has 1 aromatic heterocycles. The third kappa shape index (κ3) is 4.90. The van der Waals surface area contributed by atoms with Gasteiger partial charge in [-0.15, -0.1) is 0 Å². The van der Waals surface area contributed by atoms with Gasteiger partial charge in [-0.3, -0.25) is 9.78 Å². The molecular formula is C23H26FN3O2. The van der Waals surface area contributed by atoms with E-state index in [-0.39, 0.29) is 11.7 Å². The molecule has 0 unspecified atom stereocenters. The molecule has 0 saturated heterocycles. The van der Waals surface area contributed by atoms with E-state index in [0.29, 0.717) is 53.0 Å². The summed E-state index contributed by atoms with van der Waals surface area (Å²) in [6.07, 6.45) is 2.26. The lowest BCUT2D eigenvalue weighted by Crippen LogP contribution is -2.31. The molecule has 152 valence electrons. The van der Waals surface area contributed by atoms with Gasteiger partial charge in [0.1, 0.15) is 17.3 Å². The van der Waals surface area contributed by atoms with Gasteiger partial charge in [-0.05, 0) is 61.3 Å². The molecule has 1 heterocycles. The predicted octanol–water partition coefficient (Wildman–Crippen LogP) is 4.38. The lowest BCUT2D eigenvalue weighted by Gasteiger charge is -2.13. The summed E-state index contributed by atoms with van der Waals surface area (Å²) in [5.74, 6) is 0.540. The Balaban J connectivity index is 1.89. The molecule has 0 bridgehead atoms. The number of pyridine rings is 1. The Bertz CT molecular complexity index is 1020. The number of rotatable bonds is 8. The molecule has 0 atom stereocenters. The average molecular weight is 395 g/mol. The monoisotopic (exact) mass is 395 g/mol. The Hall–Kier alpha value is -2.99. The van der Waals surface area contributed by atoms with E-state index in [1.165, 1.54) is 6.07 Å². The molecule has 0 fully saturated rings. The molecule has 6 heteroatoms. The molecule has 0 radical (unpaired) electrons. The highest BCUT2D eigenvalue weighted by atomic mass is 19.1. The van der Waals surface area contributed by atoms with Crippen molar-refractivity contribution < 1.29 is 13.9 Å². The highest BCUT2D eigenvalue weighted by molar-refractivity contribution is 5.99. The minimum atomic E-state index is -0.285. The van der Waals surface area contributed by atoms with Crippen LogP contribution in [0.4, 0.5) is 4.39 Å². The average Bonchev–Trinajstić information content (AvgIpc) is 2.73. The smallest absolute Gasteiger partial charge is 0.251 e. The zero-order valence-corrected chi connectivity index (χ0v) is 17.0. The van der Waals surface area contributed by atoms with E-state index in [4.69, 9.17) is 4.74 Å². The molecule has 0 aliphatic carbocycles. The van der Waals surface area contributed by atoms with Crippen molar-refractivity contribution in [3.05, 3.63) is 65.1 Å². The number of carbonyl (C=O) groups excluding carboxylic acids is 1. The minimum absolute atomic E-state index is 0.158. The van der Waals surface area contributed by atoms with Gasteiger partial charge in [-0.25, -0.2) is 4.39 Å². The standard InChI is InChI=1S/C23H26FN3O2/c1-4-16-12-15(3)22(14-19(16)24)29-21-8-9-26-20-7-6-17(13-18(20)21)23(28)27-11-10-25-5-2/h6-9,12-14,25H,4-5,10-11H2,1-3H3,(H,27,28). The number of likely N-dealkylation sites (N-methyl/N-ethyl adjacent to an activating group) is 1. The number of benzene rings is 2. The number of hydrogen-bond donors (Lipinski definition) is 2. The summed E-state index contributed by atoms with van der Waals surface area (Å²) in [5.41, 5.74) is 2.74. The van der Waals surface area contributed by atoms with Crippen molar-refractivity contribution in [2.45, 2.75) is 27.2 Å². The fourth-order valence-corrected chi connectivity index (χ4v) is 3.12. The van der Waals surface area contributed by atoms with E-state index < -0.39 is 0 Å². The number of aryl methyl sites for hydroxylation is 2. The maximum absolute atomic E-state index is 14.2. The number of nitrogens with one attached hydrogen (secondary N) is 2. The Morgan fingerprint density at radius 3 is 2.69 bits per heavy atom. The summed E-state index contributed by atoms with van der Waals surface area (Å²) in [5, 5.41) is 6.75. The molecule has 2 N–H and O–H groups in total. The molecule has 3 aromatic rings. The van der Waals surface area contributed by atoms with E-state index >= 15 is 0 Å². The first-order valence-corrected chi connectivity index (χ1v) is 9.88. The molecule has 1 amide bonds. The van der Waals surface area contributed by atoms with Gasteiger partial charge in [-0.2, -0.15) is 0 Å². The number of amides is 1. The number of aromatic nitrogens is 1. The van der Waals surface area contributed by atoms with Gasteiger partial charge in [0.25, 0.3) is 5.91 Å². The fourth-order valence-electron chi connectivity index (χ4n) is 3.12. The van der Waals surface area contributed by atoms with Gasteiger partial charge < -0.3 is 15.4 Å². The first-order chi connectivity index (χ1) is 14.0. The molecule has 0 aliphatic heterocycles. The van der Waals surface area contributed by atoms with Gasteiger partial charge in [0, 0.05) is 36.3 Å². The molecular weight excluding hydrogens is 369 g/mol. The van der Waals surface area contributed by atoms with Crippen LogP contribution in [0.1, 0.15) is 35.3 Å². The second-order valence-corrected chi connectivity index (χ2v) is 6.82. The van der Waals surface area contributed by atoms with E-state index in [1.807, 2.05) is 20.8 Å². The zero-order valence-electron chi connectivity index (χ0n) is 17.0. The van der Waals surface area contributed by atoms with Crippen molar-refractivity contribution in [3.8, 4) is 11.5 Å². The Kier molecular flexibility index (Phi) is 6.77. The van der Waals surface area contributed by atoms with Crippen LogP contribution in [0.2, 0.25) is 0 Å². The molecule has 2 aromatic carbocycles. The van der Waals surface area contributed by atoms with Crippen LogP contribution in [0.3, 0.4) is 0 Å². The van der Waals surface area contributed by atoms with Gasteiger partial charge >= 0.3 is 0 Å². The number of ether oxygens (including phenoxy) is 1. The maximum Gasteiger partial charge on any atom is 0.251 e. The third-order valence-corrected chi connectivity index (χ3v) is 4.75. The SMILES string of the molecule is CCNCCNC(=O)c1ccc2nccc(Oc3cc(F)c(CC)cc3C)c2c1. The highest BCUT2D eigenvalue weighted by Crippen LogP contribution is 2.32. The lowest BCUT2D eigenvalue weighted by atomic mass is 10.1. The van der Waals surface area contributed by atoms with Gasteiger partial charge in [0.2, 0.25) is 0 Å². The lowest BCUT2D eigenvalue weighted by molar-refractivity contribution is 0.0954. The van der Waals surface area contributed by atoms with Crippen molar-refractivity contribution in [3.63, 3.8) is 0 Å². The summed E-state index contributed by atoms with van der Waals surface area (Å²) in [4.78, 5) is 16.8. The van der Waals surface area contributed by atoms with Crippen molar-refractivity contribution in [2.75, 3.05) is 19.6 Å². The van der Waals surface area contributed by atoms with E-state index in [9.17, 15) is 9.18 Å². The van der Waals surface area contributed by atoms with Crippen LogP contribution in [0.15, 0.2) is 42.6 Å². The summed E-state index contributed by atoms with van der Waals surface area (Å²) in [6.45, 7) is 7.94. The fraction of sp³-hybridized carbons (Fsp3) is 0.304. The number of fused-ring (bicyclic) bond motifs is 1. The number of halogens is 1. The highest BCUT2D eigenvalue weighted by Gasteiger charge is 2.13. The van der Waals surface area contributed by atoms with Crippen LogP contribution < -0.4 is 15.4 Å². The number of carbonyl (C=O) groups is 1. The topological polar surface area (TPSA) is 63.2 Å². The van der Waals surface area contributed by atoms with Crippen LogP contribution in [-0.4, -0.2) is 30.5 Å². The Labute approximate surface area is 170 Å². The molecule has 29 heavy (non-hydrogen) atoms. The largest absolute Gasteiger partial charge is 0.456 e. The summed E-state index contributed by atoms with van der Waals surface area (Å²) in [7, 11) is 0. The Morgan fingerprint density at radius 1 is 1.10 bits per heavy atom. The first-order valence-electron chi connectivity index (χ1n) is 9.88. The molecule has 0 saturated carbocycles. The van der Waals surface area contributed by atoms with Crippen LogP contribution in [-0.2, 0) is 6.42 Å². The van der Waals surface area contributed by atoms with Gasteiger partial charge in [-0.1, -0.05) is 13.8 Å². The summed E-state index contributed by atoms with van der Waals surface area (Å²) >= 11 is 0. The van der Waals surface area contributed by atoms with Crippen molar-refractivity contribution in [1.29, 1.82) is 0 Å². The second-order valence-electron chi connectivity index (χ2n) is 6.82. The first kappa shape index (κ1) is 20.7. The molecule has 0 spiro atoms. The van der Waals surface area contributed by atoms with Crippen LogP contribution in [0, 0.1) is 12.7 Å². The van der Waals surface area contributed by atoms with Crippen molar-refractivity contribution in [1.82, 2.24) is 15.6 Å². The molecule has 5 nitrogen and oxygen atoms in total. The number of hydrogen-bond acceptors (Lipinski definition) is 4. The van der Waals surface area contributed by atoms with Crippen LogP contribution in [0.25, 0.3) is 10.9 Å². The molecule has 0 aliphatic rings. The summed E-state index contributed by atoms with van der Waals surface area (Å²) < 4.78 is 20.3. The third-order valence-electron chi connectivity index (χ3n) is 4.75. The second kappa shape index (κ2) is 9.47. The van der Waals surface area contributed by atoms with Crippen molar-refractivity contribution in [2.24, 2.45) is 0 Å². The maximum atomic E-state index is 14.2. The predicted molar refractivity (Wildman–Crippen MR) is 113 cm³/mol. The van der Waals surface area contributed by atoms with Gasteiger partial charge in [0.15, 0.2) is 0 Å². The Morgan fingerprint density at radius 2 is 1.93 bits per heavy atom. The number of nitrogens with zero attached hydrogens (tertiary/aromatic N) is 1. The van der Waals surface area contributed by atoms with E-state index in [1.54, 1.807) is 36.5 Å². The summed E-state index contributed by atoms with van der Waals surface area (Å²) in [6, 6.07) is 10.2. The minimum Gasteiger partial charge on any atom is -0.456 e. The normalized spacial score (nSPS) is 10.9. The van der Waals surface area contributed by atoms with E-state index in [2.05, 4.69) is 15.6 Å².